The summed E-state index contributed by atoms with van der Waals surface area (Å²) < 4.78 is 5.24. The van der Waals surface area contributed by atoms with Gasteiger partial charge in [0.25, 0.3) is 5.91 Å². The van der Waals surface area contributed by atoms with E-state index in [1.54, 1.807) is 25.3 Å². The van der Waals surface area contributed by atoms with Crippen LogP contribution in [0.4, 0.5) is 5.69 Å². The summed E-state index contributed by atoms with van der Waals surface area (Å²) in [5.41, 5.74) is 6.91. The standard InChI is InChI=1S/C14H20N2O2/c1-10-5-3-4-8-16(10)14(17)12-9-11(15)6-7-13(12)18-2/h6-7,9-10H,3-5,8,15H2,1-2H3. The van der Waals surface area contributed by atoms with Crippen molar-refractivity contribution in [2.75, 3.05) is 19.4 Å². The molecule has 1 fully saturated rings. The van der Waals surface area contributed by atoms with Gasteiger partial charge < -0.3 is 15.4 Å². The average molecular weight is 248 g/mol. The molecule has 2 rings (SSSR count). The maximum absolute atomic E-state index is 12.5. The number of carbonyl (C=O) groups is 1. The Bertz CT molecular complexity index is 445. The molecule has 0 radical (unpaired) electrons. The van der Waals surface area contributed by atoms with Gasteiger partial charge in [-0.1, -0.05) is 0 Å². The first-order valence-electron chi connectivity index (χ1n) is 6.38. The first-order valence-corrected chi connectivity index (χ1v) is 6.38. The van der Waals surface area contributed by atoms with Gasteiger partial charge >= 0.3 is 0 Å². The van der Waals surface area contributed by atoms with Gasteiger partial charge in [0.05, 0.1) is 12.7 Å². The van der Waals surface area contributed by atoms with E-state index in [0.717, 1.165) is 19.4 Å². The highest BCUT2D eigenvalue weighted by atomic mass is 16.5. The van der Waals surface area contributed by atoms with Crippen molar-refractivity contribution in [1.82, 2.24) is 4.90 Å². The van der Waals surface area contributed by atoms with Crippen molar-refractivity contribution in [1.29, 1.82) is 0 Å². The molecule has 1 amide bonds. The van der Waals surface area contributed by atoms with Crippen LogP contribution in [0.15, 0.2) is 18.2 Å². The molecule has 0 bridgehead atoms. The summed E-state index contributed by atoms with van der Waals surface area (Å²) in [6, 6.07) is 5.48. The number of carbonyl (C=O) groups excluding carboxylic acids is 1. The maximum Gasteiger partial charge on any atom is 0.257 e. The summed E-state index contributed by atoms with van der Waals surface area (Å²) in [6.45, 7) is 2.91. The second-order valence-corrected chi connectivity index (χ2v) is 4.80. The number of nitrogens with two attached hydrogens (primary N) is 1. The largest absolute Gasteiger partial charge is 0.496 e. The second-order valence-electron chi connectivity index (χ2n) is 4.80. The van der Waals surface area contributed by atoms with E-state index in [0.29, 0.717) is 17.0 Å². The third-order valence-electron chi connectivity index (χ3n) is 3.52. The highest BCUT2D eigenvalue weighted by molar-refractivity contribution is 5.98. The van der Waals surface area contributed by atoms with Gasteiger partial charge in [0.1, 0.15) is 5.75 Å². The molecule has 0 saturated carbocycles. The number of hydrogen-bond donors (Lipinski definition) is 1. The monoisotopic (exact) mass is 248 g/mol. The van der Waals surface area contributed by atoms with Crippen LogP contribution in [0.3, 0.4) is 0 Å². The normalized spacial score (nSPS) is 19.7. The zero-order valence-corrected chi connectivity index (χ0v) is 11.0. The Balaban J connectivity index is 2.29. The number of methoxy groups -OCH3 is 1. The molecule has 1 aromatic rings. The van der Waals surface area contributed by atoms with E-state index in [4.69, 9.17) is 10.5 Å². The van der Waals surface area contributed by atoms with Crippen LogP contribution in [0.5, 0.6) is 5.75 Å². The van der Waals surface area contributed by atoms with Gasteiger partial charge in [-0.2, -0.15) is 0 Å². The zero-order valence-electron chi connectivity index (χ0n) is 11.0. The summed E-state index contributed by atoms with van der Waals surface area (Å²) in [4.78, 5) is 14.4. The van der Waals surface area contributed by atoms with Gasteiger partial charge in [-0.15, -0.1) is 0 Å². The Labute approximate surface area is 108 Å². The molecule has 1 aliphatic heterocycles. The van der Waals surface area contributed by atoms with Crippen LogP contribution in [0.1, 0.15) is 36.5 Å². The first kappa shape index (κ1) is 12.7. The maximum atomic E-state index is 12.5. The molecule has 18 heavy (non-hydrogen) atoms. The van der Waals surface area contributed by atoms with Crippen molar-refractivity contribution in [3.63, 3.8) is 0 Å². The Hall–Kier alpha value is -1.71. The van der Waals surface area contributed by atoms with E-state index in [9.17, 15) is 4.79 Å². The minimum Gasteiger partial charge on any atom is -0.496 e. The van der Waals surface area contributed by atoms with Crippen LogP contribution in [0, 0.1) is 0 Å². The highest BCUT2D eigenvalue weighted by Gasteiger charge is 2.26. The number of likely N-dealkylation sites (tertiary alicyclic amines) is 1. The molecular formula is C14H20N2O2. The van der Waals surface area contributed by atoms with E-state index < -0.39 is 0 Å². The van der Waals surface area contributed by atoms with Gasteiger partial charge in [-0.05, 0) is 44.4 Å². The van der Waals surface area contributed by atoms with Crippen LogP contribution in [-0.2, 0) is 0 Å². The van der Waals surface area contributed by atoms with Gasteiger partial charge in [-0.25, -0.2) is 0 Å². The van der Waals surface area contributed by atoms with Crippen LogP contribution in [-0.4, -0.2) is 30.5 Å². The van der Waals surface area contributed by atoms with Crippen molar-refractivity contribution < 1.29 is 9.53 Å². The molecule has 2 N–H and O–H groups in total. The number of hydrogen-bond acceptors (Lipinski definition) is 3. The third-order valence-corrected chi connectivity index (χ3v) is 3.52. The molecule has 4 heteroatoms. The predicted molar refractivity (Wildman–Crippen MR) is 71.8 cm³/mol. The van der Waals surface area contributed by atoms with Crippen molar-refractivity contribution in [3.8, 4) is 5.75 Å². The third kappa shape index (κ3) is 2.42. The summed E-state index contributed by atoms with van der Waals surface area (Å²) in [5, 5.41) is 0. The zero-order chi connectivity index (χ0) is 13.1. The van der Waals surface area contributed by atoms with Crippen LogP contribution >= 0.6 is 0 Å². The van der Waals surface area contributed by atoms with Gasteiger partial charge in [-0.3, -0.25) is 4.79 Å². The number of benzene rings is 1. The molecule has 98 valence electrons. The molecule has 1 aliphatic rings. The smallest absolute Gasteiger partial charge is 0.257 e. The highest BCUT2D eigenvalue weighted by Crippen LogP contribution is 2.26. The van der Waals surface area contributed by atoms with E-state index in [1.165, 1.54) is 6.42 Å². The predicted octanol–water partition coefficient (Wildman–Crippen LogP) is 2.29. The molecular weight excluding hydrogens is 228 g/mol. The Morgan fingerprint density at radius 2 is 2.22 bits per heavy atom. The lowest BCUT2D eigenvalue weighted by Crippen LogP contribution is -2.42. The fourth-order valence-electron chi connectivity index (χ4n) is 2.45. The molecule has 0 spiro atoms. The van der Waals surface area contributed by atoms with E-state index >= 15 is 0 Å². The average Bonchev–Trinajstić information content (AvgIpc) is 2.38. The molecule has 4 nitrogen and oxygen atoms in total. The first-order chi connectivity index (χ1) is 8.63. The molecule has 1 heterocycles. The van der Waals surface area contributed by atoms with Crippen LogP contribution in [0.25, 0.3) is 0 Å². The minimum atomic E-state index is 0.0198. The summed E-state index contributed by atoms with van der Waals surface area (Å²) in [5.74, 6) is 0.610. The summed E-state index contributed by atoms with van der Waals surface area (Å²) in [7, 11) is 1.57. The molecule has 0 aromatic heterocycles. The van der Waals surface area contributed by atoms with Crippen molar-refractivity contribution >= 4 is 11.6 Å². The van der Waals surface area contributed by atoms with E-state index in [1.807, 2.05) is 4.90 Å². The summed E-state index contributed by atoms with van der Waals surface area (Å²) in [6.07, 6.45) is 3.33. The van der Waals surface area contributed by atoms with Gasteiger partial charge in [0.2, 0.25) is 0 Å². The number of anilines is 1. The van der Waals surface area contributed by atoms with Crippen molar-refractivity contribution in [3.05, 3.63) is 23.8 Å². The van der Waals surface area contributed by atoms with E-state index in [2.05, 4.69) is 6.92 Å². The minimum absolute atomic E-state index is 0.0198. The summed E-state index contributed by atoms with van der Waals surface area (Å²) >= 11 is 0. The second kappa shape index (κ2) is 5.29. The molecule has 1 saturated heterocycles. The number of piperidine rings is 1. The Morgan fingerprint density at radius 1 is 1.44 bits per heavy atom. The topological polar surface area (TPSA) is 55.6 Å². The number of rotatable bonds is 2. The lowest BCUT2D eigenvalue weighted by atomic mass is 10.0. The molecule has 1 aromatic carbocycles. The number of nitrogen functional groups attached to an aromatic ring is 1. The SMILES string of the molecule is COc1ccc(N)cc1C(=O)N1CCCCC1C. The van der Waals surface area contributed by atoms with Gasteiger partial charge in [0.15, 0.2) is 0 Å². The lowest BCUT2D eigenvalue weighted by molar-refractivity contribution is 0.0632. The van der Waals surface area contributed by atoms with Crippen LogP contribution in [0.2, 0.25) is 0 Å². The molecule has 1 unspecified atom stereocenters. The number of ether oxygens (including phenoxy) is 1. The van der Waals surface area contributed by atoms with Gasteiger partial charge in [0, 0.05) is 18.3 Å². The quantitative estimate of drug-likeness (QED) is 0.817. The fraction of sp³-hybridized carbons (Fsp3) is 0.500. The fourth-order valence-corrected chi connectivity index (χ4v) is 2.45. The molecule has 1 atom stereocenters. The number of nitrogens with zero attached hydrogens (tertiary/aromatic N) is 1. The van der Waals surface area contributed by atoms with Crippen LogP contribution < -0.4 is 10.5 Å². The Morgan fingerprint density at radius 3 is 2.89 bits per heavy atom. The lowest BCUT2D eigenvalue weighted by Gasteiger charge is -2.33. The Kier molecular flexibility index (Phi) is 3.75. The van der Waals surface area contributed by atoms with E-state index in [-0.39, 0.29) is 11.9 Å². The molecule has 0 aliphatic carbocycles. The number of amides is 1. The van der Waals surface area contributed by atoms with Crippen molar-refractivity contribution in [2.45, 2.75) is 32.2 Å². The van der Waals surface area contributed by atoms with Crippen molar-refractivity contribution in [2.24, 2.45) is 0 Å².